The first-order chi connectivity index (χ1) is 9.81. The number of rotatable bonds is 4. The minimum atomic E-state index is 0.00441. The van der Waals surface area contributed by atoms with E-state index >= 15 is 0 Å². The number of carbonyl (C=O) groups is 1. The van der Waals surface area contributed by atoms with E-state index in [9.17, 15) is 4.79 Å². The maximum absolute atomic E-state index is 11.9. The molecule has 3 aromatic rings. The van der Waals surface area contributed by atoms with Crippen LogP contribution in [-0.4, -0.2) is 16.6 Å². The van der Waals surface area contributed by atoms with Gasteiger partial charge in [-0.1, -0.05) is 24.3 Å². The van der Waals surface area contributed by atoms with E-state index in [4.69, 9.17) is 0 Å². The van der Waals surface area contributed by atoms with Crippen LogP contribution in [0.5, 0.6) is 0 Å². The van der Waals surface area contributed by atoms with Gasteiger partial charge in [0.05, 0.1) is 5.75 Å². The first kappa shape index (κ1) is 12.8. The second kappa shape index (κ2) is 5.84. The smallest absolute Gasteiger partial charge is 0.234 e. The fourth-order valence-corrected chi connectivity index (χ4v) is 2.71. The molecule has 20 heavy (non-hydrogen) atoms. The van der Waals surface area contributed by atoms with Crippen LogP contribution in [0.3, 0.4) is 0 Å². The molecule has 0 aliphatic heterocycles. The van der Waals surface area contributed by atoms with Crippen LogP contribution in [0.1, 0.15) is 0 Å². The lowest BCUT2D eigenvalue weighted by Crippen LogP contribution is -2.13. The Hall–Kier alpha value is -2.20. The molecule has 2 aromatic carbocycles. The van der Waals surface area contributed by atoms with E-state index in [-0.39, 0.29) is 5.91 Å². The predicted molar refractivity (Wildman–Crippen MR) is 84.1 cm³/mol. The number of anilines is 1. The van der Waals surface area contributed by atoms with Gasteiger partial charge < -0.3 is 10.3 Å². The molecular formula is C16H14N2OS. The van der Waals surface area contributed by atoms with Gasteiger partial charge in [0.25, 0.3) is 0 Å². The highest BCUT2D eigenvalue weighted by atomic mass is 32.2. The van der Waals surface area contributed by atoms with Crippen molar-refractivity contribution in [1.29, 1.82) is 0 Å². The highest BCUT2D eigenvalue weighted by Crippen LogP contribution is 2.19. The summed E-state index contributed by atoms with van der Waals surface area (Å²) in [6.45, 7) is 0. The monoisotopic (exact) mass is 282 g/mol. The van der Waals surface area contributed by atoms with Gasteiger partial charge in [-0.15, -0.1) is 11.8 Å². The molecule has 3 rings (SSSR count). The van der Waals surface area contributed by atoms with Crippen LogP contribution in [0.4, 0.5) is 5.69 Å². The lowest BCUT2D eigenvalue weighted by Gasteiger charge is -2.05. The second-order valence-electron chi connectivity index (χ2n) is 4.43. The molecule has 0 aliphatic rings. The molecule has 0 saturated heterocycles. The van der Waals surface area contributed by atoms with Gasteiger partial charge in [-0.05, 0) is 35.7 Å². The van der Waals surface area contributed by atoms with Gasteiger partial charge in [-0.2, -0.15) is 0 Å². The largest absolute Gasteiger partial charge is 0.361 e. The van der Waals surface area contributed by atoms with Crippen LogP contribution in [0, 0.1) is 0 Å². The summed E-state index contributed by atoms with van der Waals surface area (Å²) in [5.41, 5.74) is 1.84. The number of aromatic amines is 1. The maximum Gasteiger partial charge on any atom is 0.234 e. The molecule has 1 heterocycles. The lowest BCUT2D eigenvalue weighted by atomic mass is 10.2. The molecule has 0 unspecified atom stereocenters. The van der Waals surface area contributed by atoms with Crippen molar-refractivity contribution in [3.63, 3.8) is 0 Å². The Labute approximate surface area is 121 Å². The van der Waals surface area contributed by atoms with Crippen molar-refractivity contribution >= 4 is 34.3 Å². The quantitative estimate of drug-likeness (QED) is 0.713. The van der Waals surface area contributed by atoms with Gasteiger partial charge in [-0.3, -0.25) is 4.79 Å². The van der Waals surface area contributed by atoms with E-state index in [2.05, 4.69) is 10.3 Å². The molecule has 0 bridgehead atoms. The average molecular weight is 282 g/mol. The summed E-state index contributed by atoms with van der Waals surface area (Å²) in [6, 6.07) is 17.8. The van der Waals surface area contributed by atoms with Crippen LogP contribution >= 0.6 is 11.8 Å². The van der Waals surface area contributed by atoms with Gasteiger partial charge in [0, 0.05) is 22.3 Å². The molecule has 100 valence electrons. The number of hydrogen-bond acceptors (Lipinski definition) is 2. The van der Waals surface area contributed by atoms with E-state index in [0.717, 1.165) is 21.5 Å². The zero-order valence-electron chi connectivity index (χ0n) is 10.8. The van der Waals surface area contributed by atoms with Gasteiger partial charge in [0.15, 0.2) is 0 Å². The van der Waals surface area contributed by atoms with Crippen LogP contribution in [0.25, 0.3) is 10.9 Å². The van der Waals surface area contributed by atoms with Gasteiger partial charge in [-0.25, -0.2) is 0 Å². The Morgan fingerprint density at radius 2 is 1.95 bits per heavy atom. The molecule has 1 aromatic heterocycles. The van der Waals surface area contributed by atoms with E-state index in [0.29, 0.717) is 5.75 Å². The first-order valence-corrected chi connectivity index (χ1v) is 7.35. The topological polar surface area (TPSA) is 44.9 Å². The molecule has 3 nitrogen and oxygen atoms in total. The first-order valence-electron chi connectivity index (χ1n) is 6.36. The molecule has 4 heteroatoms. The van der Waals surface area contributed by atoms with Crippen LogP contribution < -0.4 is 5.32 Å². The van der Waals surface area contributed by atoms with Crippen LogP contribution in [0.15, 0.2) is 65.7 Å². The van der Waals surface area contributed by atoms with Crippen molar-refractivity contribution in [1.82, 2.24) is 4.98 Å². The van der Waals surface area contributed by atoms with E-state index in [1.54, 1.807) is 0 Å². The van der Waals surface area contributed by atoms with Gasteiger partial charge in [0.2, 0.25) is 5.91 Å². The van der Waals surface area contributed by atoms with Crippen molar-refractivity contribution in [3.05, 3.63) is 60.8 Å². The molecule has 0 aliphatic carbocycles. The van der Waals surface area contributed by atoms with E-state index in [1.165, 1.54) is 11.8 Å². The SMILES string of the molecule is O=C(CSc1ccccc1)Nc1ccc2cc[nH]c2c1. The van der Waals surface area contributed by atoms with Gasteiger partial charge in [0.1, 0.15) is 0 Å². The Morgan fingerprint density at radius 1 is 1.10 bits per heavy atom. The summed E-state index contributed by atoms with van der Waals surface area (Å²) in [5, 5.41) is 4.05. The fourth-order valence-electron chi connectivity index (χ4n) is 1.99. The van der Waals surface area contributed by atoms with Crippen LogP contribution in [0.2, 0.25) is 0 Å². The minimum Gasteiger partial charge on any atom is -0.361 e. The Morgan fingerprint density at radius 3 is 2.80 bits per heavy atom. The number of carbonyl (C=O) groups excluding carboxylic acids is 1. The summed E-state index contributed by atoms with van der Waals surface area (Å²) in [7, 11) is 0. The number of hydrogen-bond donors (Lipinski definition) is 2. The lowest BCUT2D eigenvalue weighted by molar-refractivity contribution is -0.113. The molecule has 2 N–H and O–H groups in total. The highest BCUT2D eigenvalue weighted by molar-refractivity contribution is 8.00. The predicted octanol–water partition coefficient (Wildman–Crippen LogP) is 3.90. The number of H-pyrrole nitrogens is 1. The van der Waals surface area contributed by atoms with E-state index < -0.39 is 0 Å². The van der Waals surface area contributed by atoms with Crippen molar-refractivity contribution in [2.24, 2.45) is 0 Å². The molecule has 0 fully saturated rings. The number of benzene rings is 2. The summed E-state index contributed by atoms with van der Waals surface area (Å²) >= 11 is 1.53. The molecule has 0 atom stereocenters. The second-order valence-corrected chi connectivity index (χ2v) is 5.48. The Balaban J connectivity index is 1.61. The number of fused-ring (bicyclic) bond motifs is 1. The molecule has 0 radical (unpaired) electrons. The fraction of sp³-hybridized carbons (Fsp3) is 0.0625. The third-order valence-electron chi connectivity index (χ3n) is 2.95. The van der Waals surface area contributed by atoms with Crippen molar-refractivity contribution in [2.75, 3.05) is 11.1 Å². The average Bonchev–Trinajstić information content (AvgIpc) is 2.94. The third kappa shape index (κ3) is 3.03. The summed E-state index contributed by atoms with van der Waals surface area (Å²) < 4.78 is 0. The molecule has 1 amide bonds. The summed E-state index contributed by atoms with van der Waals surface area (Å²) in [5.74, 6) is 0.414. The molecular weight excluding hydrogens is 268 g/mol. The molecule has 0 spiro atoms. The number of nitrogens with one attached hydrogen (secondary N) is 2. The van der Waals surface area contributed by atoms with Gasteiger partial charge >= 0.3 is 0 Å². The van der Waals surface area contributed by atoms with Crippen molar-refractivity contribution < 1.29 is 4.79 Å². The maximum atomic E-state index is 11.9. The van der Waals surface area contributed by atoms with Crippen molar-refractivity contribution in [2.45, 2.75) is 4.90 Å². The number of thioether (sulfide) groups is 1. The number of amides is 1. The highest BCUT2D eigenvalue weighted by Gasteiger charge is 2.04. The Bertz CT molecular complexity index is 721. The van der Waals surface area contributed by atoms with E-state index in [1.807, 2.05) is 60.8 Å². The summed E-state index contributed by atoms with van der Waals surface area (Å²) in [6.07, 6.45) is 1.89. The summed E-state index contributed by atoms with van der Waals surface area (Å²) in [4.78, 5) is 16.2. The third-order valence-corrected chi connectivity index (χ3v) is 3.96. The Kier molecular flexibility index (Phi) is 3.74. The zero-order chi connectivity index (χ0) is 13.8. The van der Waals surface area contributed by atoms with Crippen LogP contribution in [-0.2, 0) is 4.79 Å². The normalized spacial score (nSPS) is 10.6. The number of aromatic nitrogens is 1. The zero-order valence-corrected chi connectivity index (χ0v) is 11.6. The molecule has 0 saturated carbocycles. The minimum absolute atomic E-state index is 0.00441. The standard InChI is InChI=1S/C16H14N2OS/c19-16(11-20-14-4-2-1-3-5-14)18-13-7-6-12-8-9-17-15(12)10-13/h1-10,17H,11H2,(H,18,19). The van der Waals surface area contributed by atoms with Crippen molar-refractivity contribution in [3.8, 4) is 0 Å².